The number of nitrogens with zero attached hydrogens (tertiary/aromatic N) is 3. The third-order valence-corrected chi connectivity index (χ3v) is 6.81. The van der Waals surface area contributed by atoms with E-state index in [2.05, 4.69) is 16.5 Å². The van der Waals surface area contributed by atoms with Crippen LogP contribution in [-0.4, -0.2) is 38.4 Å². The van der Waals surface area contributed by atoms with E-state index in [0.29, 0.717) is 24.4 Å². The van der Waals surface area contributed by atoms with Gasteiger partial charge in [-0.1, -0.05) is 25.3 Å². The molecule has 7 nitrogen and oxygen atoms in total. The van der Waals surface area contributed by atoms with Gasteiger partial charge in [-0.2, -0.15) is 5.10 Å². The number of piperidine rings is 1. The maximum Gasteiger partial charge on any atom is 0.255 e. The van der Waals surface area contributed by atoms with Crippen molar-refractivity contribution in [2.45, 2.75) is 63.5 Å². The SMILES string of the molecule is Cn1ncc(-c2ccc3c(c2)CN(C2CCC(=O)NC2=O)C3=O)c1C1CCCCC1. The molecule has 0 radical (unpaired) electrons. The van der Waals surface area contributed by atoms with E-state index in [9.17, 15) is 14.4 Å². The van der Waals surface area contributed by atoms with E-state index in [-0.39, 0.29) is 24.1 Å². The topological polar surface area (TPSA) is 84.3 Å². The summed E-state index contributed by atoms with van der Waals surface area (Å²) in [6.45, 7) is 0.396. The van der Waals surface area contributed by atoms with Crippen molar-refractivity contribution in [3.8, 4) is 11.1 Å². The van der Waals surface area contributed by atoms with Gasteiger partial charge in [0.2, 0.25) is 11.8 Å². The number of rotatable bonds is 3. The van der Waals surface area contributed by atoms with Gasteiger partial charge in [-0.15, -0.1) is 0 Å². The summed E-state index contributed by atoms with van der Waals surface area (Å²) < 4.78 is 2.00. The predicted molar refractivity (Wildman–Crippen MR) is 111 cm³/mol. The Bertz CT molecular complexity index is 1040. The van der Waals surface area contributed by atoms with Crippen molar-refractivity contribution in [2.24, 2.45) is 7.05 Å². The summed E-state index contributed by atoms with van der Waals surface area (Å²) in [4.78, 5) is 38.3. The molecule has 3 amide bonds. The van der Waals surface area contributed by atoms with Crippen LogP contribution in [0.3, 0.4) is 0 Å². The first kappa shape index (κ1) is 19.0. The molecule has 2 aromatic rings. The summed E-state index contributed by atoms with van der Waals surface area (Å²) in [5.74, 6) is -0.255. The molecule has 5 rings (SSSR count). The number of aromatic nitrogens is 2. The van der Waals surface area contributed by atoms with Gasteiger partial charge in [-0.3, -0.25) is 24.4 Å². The Hall–Kier alpha value is -2.96. The second kappa shape index (κ2) is 7.38. The standard InChI is InChI=1S/C23H26N4O3/c1-26-21(14-5-3-2-4-6-14)18(12-24-26)15-7-8-17-16(11-15)13-27(23(17)30)19-9-10-20(28)25-22(19)29/h7-8,11-12,14,19H,2-6,9-10,13H2,1H3,(H,25,28,29). The Kier molecular flexibility index (Phi) is 4.68. The second-order valence-corrected chi connectivity index (χ2v) is 8.67. The Morgan fingerprint density at radius 3 is 2.60 bits per heavy atom. The van der Waals surface area contributed by atoms with Crippen molar-refractivity contribution in [1.82, 2.24) is 20.0 Å². The van der Waals surface area contributed by atoms with Crippen LogP contribution in [0.25, 0.3) is 11.1 Å². The molecule has 1 aromatic heterocycles. The smallest absolute Gasteiger partial charge is 0.255 e. The third kappa shape index (κ3) is 3.13. The Balaban J connectivity index is 1.44. The van der Waals surface area contributed by atoms with E-state index < -0.39 is 6.04 Å². The largest absolute Gasteiger partial charge is 0.322 e. The Morgan fingerprint density at radius 1 is 1.03 bits per heavy atom. The number of amides is 3. The highest BCUT2D eigenvalue weighted by Crippen LogP contribution is 2.39. The molecule has 1 atom stereocenters. The average Bonchev–Trinajstić information content (AvgIpc) is 3.28. The zero-order valence-electron chi connectivity index (χ0n) is 17.2. The van der Waals surface area contributed by atoms with Crippen molar-refractivity contribution in [3.63, 3.8) is 0 Å². The molecule has 1 unspecified atom stereocenters. The van der Waals surface area contributed by atoms with Crippen LogP contribution in [-0.2, 0) is 23.2 Å². The monoisotopic (exact) mass is 406 g/mol. The lowest BCUT2D eigenvalue weighted by atomic mass is 9.84. The highest BCUT2D eigenvalue weighted by molar-refractivity contribution is 6.05. The predicted octanol–water partition coefficient (Wildman–Crippen LogP) is 2.90. The maximum absolute atomic E-state index is 12.9. The number of hydrogen-bond donors (Lipinski definition) is 1. The van der Waals surface area contributed by atoms with Crippen molar-refractivity contribution >= 4 is 17.7 Å². The molecule has 1 aliphatic carbocycles. The number of nitrogens with one attached hydrogen (secondary N) is 1. The van der Waals surface area contributed by atoms with Crippen molar-refractivity contribution in [3.05, 3.63) is 41.2 Å². The van der Waals surface area contributed by atoms with E-state index in [1.807, 2.05) is 30.1 Å². The second-order valence-electron chi connectivity index (χ2n) is 8.67. The minimum absolute atomic E-state index is 0.135. The molecule has 1 saturated carbocycles. The molecular weight excluding hydrogens is 380 g/mol. The van der Waals surface area contributed by atoms with Gasteiger partial charge >= 0.3 is 0 Å². The first-order valence-corrected chi connectivity index (χ1v) is 10.8. The number of benzene rings is 1. The number of imide groups is 1. The van der Waals surface area contributed by atoms with Crippen LogP contribution in [0.4, 0.5) is 0 Å². The first-order chi connectivity index (χ1) is 14.5. The lowest BCUT2D eigenvalue weighted by molar-refractivity contribution is -0.136. The van der Waals surface area contributed by atoms with Gasteiger partial charge in [0.1, 0.15) is 6.04 Å². The number of carbonyl (C=O) groups excluding carboxylic acids is 3. The minimum atomic E-state index is -0.581. The van der Waals surface area contributed by atoms with Gasteiger partial charge in [-0.05, 0) is 42.5 Å². The van der Waals surface area contributed by atoms with Crippen molar-refractivity contribution in [2.75, 3.05) is 0 Å². The van der Waals surface area contributed by atoms with Crippen LogP contribution >= 0.6 is 0 Å². The summed E-state index contributed by atoms with van der Waals surface area (Å²) >= 11 is 0. The maximum atomic E-state index is 12.9. The van der Waals surface area contributed by atoms with Crippen LogP contribution in [0.15, 0.2) is 24.4 Å². The molecule has 0 spiro atoms. The molecule has 30 heavy (non-hydrogen) atoms. The van der Waals surface area contributed by atoms with E-state index >= 15 is 0 Å². The van der Waals surface area contributed by atoms with E-state index in [4.69, 9.17) is 0 Å². The molecule has 2 aliphatic heterocycles. The molecule has 0 bridgehead atoms. The van der Waals surface area contributed by atoms with Gasteiger partial charge in [-0.25, -0.2) is 0 Å². The van der Waals surface area contributed by atoms with E-state index in [1.54, 1.807) is 4.90 Å². The normalized spacial score (nSPS) is 22.4. The molecule has 7 heteroatoms. The molecule has 156 valence electrons. The van der Waals surface area contributed by atoms with Gasteiger partial charge < -0.3 is 4.90 Å². The Morgan fingerprint density at radius 2 is 1.83 bits per heavy atom. The van der Waals surface area contributed by atoms with Gasteiger partial charge in [0, 0.05) is 42.8 Å². The number of hydrogen-bond acceptors (Lipinski definition) is 4. The molecular formula is C23H26N4O3. The lowest BCUT2D eigenvalue weighted by Crippen LogP contribution is -2.52. The number of aryl methyl sites for hydroxylation is 1. The van der Waals surface area contributed by atoms with Crippen LogP contribution in [0.2, 0.25) is 0 Å². The molecule has 1 N–H and O–H groups in total. The summed E-state index contributed by atoms with van der Waals surface area (Å²) in [5.41, 5.74) is 5.06. The number of carbonyl (C=O) groups is 3. The molecule has 3 heterocycles. The van der Waals surface area contributed by atoms with Gasteiger partial charge in [0.25, 0.3) is 5.91 Å². The summed E-state index contributed by atoms with van der Waals surface area (Å²) in [6, 6.07) is 5.36. The first-order valence-electron chi connectivity index (χ1n) is 10.8. The zero-order chi connectivity index (χ0) is 20.8. The average molecular weight is 406 g/mol. The summed E-state index contributed by atoms with van der Waals surface area (Å²) in [5, 5.41) is 6.89. The lowest BCUT2D eigenvalue weighted by Gasteiger charge is -2.29. The summed E-state index contributed by atoms with van der Waals surface area (Å²) in [6.07, 6.45) is 8.79. The van der Waals surface area contributed by atoms with Gasteiger partial charge in [0.15, 0.2) is 0 Å². The van der Waals surface area contributed by atoms with Crippen molar-refractivity contribution < 1.29 is 14.4 Å². The quantitative estimate of drug-likeness (QED) is 0.795. The summed E-state index contributed by atoms with van der Waals surface area (Å²) in [7, 11) is 2.01. The van der Waals surface area contributed by atoms with Crippen LogP contribution < -0.4 is 5.32 Å². The van der Waals surface area contributed by atoms with Crippen molar-refractivity contribution in [1.29, 1.82) is 0 Å². The fourth-order valence-electron chi connectivity index (χ4n) is 5.27. The fraction of sp³-hybridized carbons (Fsp3) is 0.478. The minimum Gasteiger partial charge on any atom is -0.322 e. The highest BCUT2D eigenvalue weighted by Gasteiger charge is 2.39. The van der Waals surface area contributed by atoms with E-state index in [0.717, 1.165) is 16.7 Å². The molecule has 1 saturated heterocycles. The van der Waals surface area contributed by atoms with Gasteiger partial charge in [0.05, 0.1) is 6.20 Å². The van der Waals surface area contributed by atoms with E-state index in [1.165, 1.54) is 37.8 Å². The van der Waals surface area contributed by atoms with Crippen LogP contribution in [0, 0.1) is 0 Å². The highest BCUT2D eigenvalue weighted by atomic mass is 16.2. The number of fused-ring (bicyclic) bond motifs is 1. The van der Waals surface area contributed by atoms with Crippen LogP contribution in [0.1, 0.15) is 72.5 Å². The van der Waals surface area contributed by atoms with Crippen LogP contribution in [0.5, 0.6) is 0 Å². The third-order valence-electron chi connectivity index (χ3n) is 6.81. The zero-order valence-corrected chi connectivity index (χ0v) is 17.2. The fourth-order valence-corrected chi connectivity index (χ4v) is 5.27. The molecule has 3 aliphatic rings. The Labute approximate surface area is 175 Å². The molecule has 1 aromatic carbocycles. The molecule has 2 fully saturated rings.